The van der Waals surface area contributed by atoms with Gasteiger partial charge in [-0.1, -0.05) is 11.8 Å². The monoisotopic (exact) mass is 495 g/mol. The molecule has 1 rings (SSSR count). The lowest BCUT2D eigenvalue weighted by atomic mass is 10.0. The molecule has 0 fully saturated rings. The molecule has 1 heterocycles. The van der Waals surface area contributed by atoms with E-state index in [1.54, 1.807) is 0 Å². The summed E-state index contributed by atoms with van der Waals surface area (Å²) >= 11 is -2.58. The molecule has 174 valence electrons. The van der Waals surface area contributed by atoms with Gasteiger partial charge in [0.2, 0.25) is 0 Å². The van der Waals surface area contributed by atoms with Crippen molar-refractivity contribution >= 4 is 11.8 Å². The normalized spacial score (nSPS) is 14.9. The zero-order chi connectivity index (χ0) is 24.3. The number of aromatic nitrogens is 1. The van der Waals surface area contributed by atoms with Crippen LogP contribution in [0.4, 0.5) is 61.5 Å². The van der Waals surface area contributed by atoms with E-state index in [0.717, 1.165) is 0 Å². The Bertz CT molecular complexity index is 890. The molecule has 0 aliphatic rings. The second-order valence-corrected chi connectivity index (χ2v) is 6.41. The molecule has 0 atom stereocenters. The molecular weight excluding hydrogens is 492 g/mol. The summed E-state index contributed by atoms with van der Waals surface area (Å²) in [6.07, 6.45) is -28.6. The molecule has 0 unspecified atom stereocenters. The summed E-state index contributed by atoms with van der Waals surface area (Å²) in [5.41, 5.74) is -9.70. The van der Waals surface area contributed by atoms with Gasteiger partial charge in [-0.05, 0) is 0 Å². The lowest BCUT2D eigenvalue weighted by Crippen LogP contribution is -2.54. The van der Waals surface area contributed by atoms with Gasteiger partial charge >= 0.3 is 41.1 Å². The third kappa shape index (κ3) is 3.86. The van der Waals surface area contributed by atoms with Gasteiger partial charge in [-0.3, -0.25) is 4.79 Å². The highest BCUT2D eigenvalue weighted by atomic mass is 32.2. The fourth-order valence-corrected chi connectivity index (χ4v) is 2.70. The summed E-state index contributed by atoms with van der Waals surface area (Å²) in [6.45, 7) is 0. The first-order valence-corrected chi connectivity index (χ1v) is 7.33. The van der Waals surface area contributed by atoms with E-state index < -0.39 is 73.7 Å². The Morgan fingerprint density at radius 3 is 1.37 bits per heavy atom. The van der Waals surface area contributed by atoms with Crippen LogP contribution in [0.1, 0.15) is 5.76 Å². The molecule has 0 bridgehead atoms. The molecule has 1 aromatic rings. The van der Waals surface area contributed by atoms with Crippen LogP contribution in [0.3, 0.4) is 0 Å². The molecular formula is C11H3F14NO3S. The van der Waals surface area contributed by atoms with Crippen molar-refractivity contribution in [2.45, 2.75) is 40.3 Å². The summed E-state index contributed by atoms with van der Waals surface area (Å²) in [6, 6.07) is 0. The minimum atomic E-state index is -7.22. The Morgan fingerprint density at radius 2 is 1.07 bits per heavy atom. The highest BCUT2D eigenvalue weighted by Gasteiger charge is 2.78. The molecule has 30 heavy (non-hydrogen) atoms. The van der Waals surface area contributed by atoms with Crippen molar-refractivity contribution in [3.05, 3.63) is 26.7 Å². The van der Waals surface area contributed by atoms with Crippen LogP contribution < -0.4 is 11.3 Å². The van der Waals surface area contributed by atoms with Gasteiger partial charge in [0.15, 0.2) is 5.76 Å². The average molecular weight is 495 g/mol. The third-order valence-electron chi connectivity index (χ3n) is 3.23. The molecule has 0 N–H and O–H groups in total. The van der Waals surface area contributed by atoms with Crippen molar-refractivity contribution < 1.29 is 65.9 Å². The third-order valence-corrected chi connectivity index (χ3v) is 4.54. The largest absolute Gasteiger partial charge is 0.441 e. The van der Waals surface area contributed by atoms with E-state index in [1.807, 2.05) is 0 Å². The quantitative estimate of drug-likeness (QED) is 0.458. The average Bonchev–Trinajstić information content (AvgIpc) is 2.49. The molecule has 0 radical (unpaired) electrons. The molecule has 0 aromatic carbocycles. The second-order valence-electron chi connectivity index (χ2n) is 5.24. The maximum atomic E-state index is 14.1. The van der Waals surface area contributed by atoms with Crippen LogP contribution in [0.5, 0.6) is 0 Å². The van der Waals surface area contributed by atoms with Crippen molar-refractivity contribution in [2.75, 3.05) is 0 Å². The van der Waals surface area contributed by atoms with Crippen LogP contribution in [-0.4, -0.2) is 34.3 Å². The summed E-state index contributed by atoms with van der Waals surface area (Å²) in [4.78, 5) is 19.9. The fourth-order valence-electron chi connectivity index (χ4n) is 1.69. The molecule has 0 amide bonds. The van der Waals surface area contributed by atoms with Crippen LogP contribution in [0.2, 0.25) is 0 Å². The number of alkyl halides is 14. The van der Waals surface area contributed by atoms with Gasteiger partial charge in [0.05, 0.1) is 0 Å². The molecule has 0 aliphatic heterocycles. The Hall–Kier alpha value is -1.95. The molecule has 0 spiro atoms. The van der Waals surface area contributed by atoms with Crippen molar-refractivity contribution in [1.82, 2.24) is 4.57 Å². The van der Waals surface area contributed by atoms with Crippen LogP contribution in [0.15, 0.2) is 18.9 Å². The van der Waals surface area contributed by atoms with E-state index in [0.29, 0.717) is 0 Å². The first-order chi connectivity index (χ1) is 12.9. The van der Waals surface area contributed by atoms with E-state index in [1.165, 1.54) is 0 Å². The maximum absolute atomic E-state index is 14.1. The minimum Gasteiger partial charge on any atom is -0.409 e. The second kappa shape index (κ2) is 7.04. The molecule has 0 saturated heterocycles. The molecule has 4 nitrogen and oxygen atoms in total. The Balaban J connectivity index is 4.15. The number of hydrogen-bond acceptors (Lipinski definition) is 4. The van der Waals surface area contributed by atoms with Gasteiger partial charge in [-0.2, -0.15) is 52.7 Å². The van der Waals surface area contributed by atoms with Gasteiger partial charge in [0, 0.05) is 7.05 Å². The Kier molecular flexibility index (Phi) is 6.12. The standard InChI is InChI=1S/C11H3F14NO3S/c1-26-4(27)2(30-7(13,10(20,21)22)11(23,24)25)3(29-5(26)28)6(12,8(14,15)16)9(17,18)19/h1H3. The first kappa shape index (κ1) is 26.1. The van der Waals surface area contributed by atoms with E-state index in [-0.39, 0.29) is 7.05 Å². The number of nitrogens with zero attached hydrogens (tertiary/aromatic N) is 1. The highest BCUT2D eigenvalue weighted by Crippen LogP contribution is 2.59. The highest BCUT2D eigenvalue weighted by molar-refractivity contribution is 8.00. The zero-order valence-electron chi connectivity index (χ0n) is 13.4. The molecule has 1 aromatic heterocycles. The maximum Gasteiger partial charge on any atom is 0.441 e. The van der Waals surface area contributed by atoms with E-state index in [4.69, 9.17) is 0 Å². The summed E-state index contributed by atoms with van der Waals surface area (Å²) in [5.74, 6) is -6.17. The van der Waals surface area contributed by atoms with Crippen LogP contribution >= 0.6 is 11.8 Å². The van der Waals surface area contributed by atoms with E-state index >= 15 is 0 Å². The van der Waals surface area contributed by atoms with Crippen molar-refractivity contribution in [2.24, 2.45) is 7.05 Å². The lowest BCUT2D eigenvalue weighted by Gasteiger charge is -2.32. The Morgan fingerprint density at radius 1 is 0.700 bits per heavy atom. The molecule has 19 heteroatoms. The number of rotatable bonds is 3. The SMILES string of the molecule is Cn1c(=O)oc(C(F)(C(F)(F)F)C(F)(F)F)c(SC(F)(C(F)(F)F)C(F)(F)F)c1=O. The molecule has 0 saturated carbocycles. The van der Waals surface area contributed by atoms with Gasteiger partial charge in [0.1, 0.15) is 4.90 Å². The summed E-state index contributed by atoms with van der Waals surface area (Å²) < 4.78 is 183. The van der Waals surface area contributed by atoms with Crippen molar-refractivity contribution in [3.63, 3.8) is 0 Å². The lowest BCUT2D eigenvalue weighted by molar-refractivity contribution is -0.355. The molecule has 0 aliphatic carbocycles. The predicted octanol–water partition coefficient (Wildman–Crippen LogP) is 4.51. The Labute approximate surface area is 157 Å². The fraction of sp³-hybridized carbons (Fsp3) is 0.636. The van der Waals surface area contributed by atoms with Crippen LogP contribution in [-0.2, 0) is 12.7 Å². The van der Waals surface area contributed by atoms with Crippen LogP contribution in [0, 0.1) is 0 Å². The zero-order valence-corrected chi connectivity index (χ0v) is 14.2. The predicted molar refractivity (Wildman–Crippen MR) is 66.9 cm³/mol. The van der Waals surface area contributed by atoms with Crippen molar-refractivity contribution in [3.8, 4) is 0 Å². The van der Waals surface area contributed by atoms with Gasteiger partial charge in [-0.15, -0.1) is 0 Å². The van der Waals surface area contributed by atoms with E-state index in [2.05, 4.69) is 4.42 Å². The number of hydrogen-bond donors (Lipinski definition) is 0. The minimum absolute atomic E-state index is 0.129. The summed E-state index contributed by atoms with van der Waals surface area (Å²) in [7, 11) is 0.129. The van der Waals surface area contributed by atoms with Gasteiger partial charge in [-0.25, -0.2) is 18.1 Å². The topological polar surface area (TPSA) is 52.2 Å². The van der Waals surface area contributed by atoms with Crippen molar-refractivity contribution in [1.29, 1.82) is 0 Å². The van der Waals surface area contributed by atoms with Gasteiger partial charge < -0.3 is 4.42 Å². The van der Waals surface area contributed by atoms with E-state index in [9.17, 15) is 71.1 Å². The first-order valence-electron chi connectivity index (χ1n) is 6.51. The number of thioether (sulfide) groups is 1. The van der Waals surface area contributed by atoms with Crippen LogP contribution in [0.25, 0.3) is 0 Å². The number of halogens is 14. The van der Waals surface area contributed by atoms with Gasteiger partial charge in [0.25, 0.3) is 5.56 Å². The smallest absolute Gasteiger partial charge is 0.409 e. The summed E-state index contributed by atoms with van der Waals surface area (Å²) in [5, 5.41) is -6.70.